The summed E-state index contributed by atoms with van der Waals surface area (Å²) in [5, 5.41) is 0. The van der Waals surface area contributed by atoms with Gasteiger partial charge in [-0.2, -0.15) is 0 Å². The smallest absolute Gasteiger partial charge is 0.0696 e. The van der Waals surface area contributed by atoms with E-state index in [1.807, 2.05) is 0 Å². The van der Waals surface area contributed by atoms with Crippen LogP contribution in [0.15, 0.2) is 0 Å². The Morgan fingerprint density at radius 2 is 2.25 bits per heavy atom. The topological polar surface area (TPSA) is 9.23 Å². The van der Waals surface area contributed by atoms with Gasteiger partial charge >= 0.3 is 0 Å². The van der Waals surface area contributed by atoms with Crippen molar-refractivity contribution in [1.82, 2.24) is 0 Å². The van der Waals surface area contributed by atoms with Gasteiger partial charge in [-0.25, -0.2) is 0 Å². The van der Waals surface area contributed by atoms with Crippen LogP contribution in [-0.4, -0.2) is 18.0 Å². The molecule has 1 aliphatic rings. The van der Waals surface area contributed by atoms with E-state index in [0.717, 1.165) is 0 Å². The SMILES string of the molecule is COC1CCCC1Br. The van der Waals surface area contributed by atoms with Gasteiger partial charge in [0.2, 0.25) is 0 Å². The van der Waals surface area contributed by atoms with E-state index in [-0.39, 0.29) is 0 Å². The molecule has 0 aromatic rings. The van der Waals surface area contributed by atoms with Gasteiger partial charge in [-0.15, -0.1) is 0 Å². The maximum atomic E-state index is 5.18. The Morgan fingerprint density at radius 1 is 1.50 bits per heavy atom. The van der Waals surface area contributed by atoms with Gasteiger partial charge in [0.1, 0.15) is 0 Å². The number of alkyl halides is 1. The van der Waals surface area contributed by atoms with Crippen LogP contribution in [0.1, 0.15) is 19.3 Å². The maximum Gasteiger partial charge on any atom is 0.0696 e. The zero-order valence-electron chi connectivity index (χ0n) is 5.06. The van der Waals surface area contributed by atoms with Crippen molar-refractivity contribution in [2.45, 2.75) is 30.2 Å². The minimum absolute atomic E-state index is 0.481. The predicted molar refractivity (Wildman–Crippen MR) is 37.4 cm³/mol. The van der Waals surface area contributed by atoms with E-state index >= 15 is 0 Å². The second-order valence-electron chi connectivity index (χ2n) is 2.22. The fourth-order valence-electron chi connectivity index (χ4n) is 1.15. The van der Waals surface area contributed by atoms with Crippen molar-refractivity contribution in [3.05, 3.63) is 0 Å². The highest BCUT2D eigenvalue weighted by molar-refractivity contribution is 9.09. The van der Waals surface area contributed by atoms with Gasteiger partial charge in [-0.3, -0.25) is 0 Å². The van der Waals surface area contributed by atoms with Gasteiger partial charge in [-0.1, -0.05) is 15.9 Å². The van der Waals surface area contributed by atoms with E-state index in [4.69, 9.17) is 4.74 Å². The molecule has 8 heavy (non-hydrogen) atoms. The number of rotatable bonds is 1. The summed E-state index contributed by atoms with van der Waals surface area (Å²) in [6.45, 7) is 0. The lowest BCUT2D eigenvalue weighted by atomic mass is 10.3. The van der Waals surface area contributed by atoms with Gasteiger partial charge in [0.15, 0.2) is 0 Å². The van der Waals surface area contributed by atoms with Gasteiger partial charge in [0.05, 0.1) is 6.10 Å². The Morgan fingerprint density at radius 3 is 2.50 bits per heavy atom. The van der Waals surface area contributed by atoms with Gasteiger partial charge in [0.25, 0.3) is 0 Å². The number of halogens is 1. The van der Waals surface area contributed by atoms with Crippen molar-refractivity contribution < 1.29 is 4.74 Å². The van der Waals surface area contributed by atoms with E-state index in [1.54, 1.807) is 7.11 Å². The molecule has 0 radical (unpaired) electrons. The van der Waals surface area contributed by atoms with E-state index in [0.29, 0.717) is 10.9 Å². The van der Waals surface area contributed by atoms with Crippen LogP contribution < -0.4 is 0 Å². The summed E-state index contributed by atoms with van der Waals surface area (Å²) in [7, 11) is 1.78. The molecule has 1 fully saturated rings. The lowest BCUT2D eigenvalue weighted by molar-refractivity contribution is 0.114. The molecule has 0 heterocycles. The monoisotopic (exact) mass is 178 g/mol. The minimum Gasteiger partial charge on any atom is -0.380 e. The number of hydrogen-bond donors (Lipinski definition) is 0. The van der Waals surface area contributed by atoms with Crippen LogP contribution >= 0.6 is 15.9 Å². The van der Waals surface area contributed by atoms with Crippen molar-refractivity contribution in [3.8, 4) is 0 Å². The predicted octanol–water partition coefficient (Wildman–Crippen LogP) is 1.95. The molecule has 2 heteroatoms. The molecule has 1 saturated carbocycles. The standard InChI is InChI=1S/C6H11BrO/c1-8-6-4-2-3-5(6)7/h5-6H,2-4H2,1H3. The van der Waals surface area contributed by atoms with Crippen molar-refractivity contribution in [2.24, 2.45) is 0 Å². The van der Waals surface area contributed by atoms with Crippen LogP contribution in [0.25, 0.3) is 0 Å². The van der Waals surface area contributed by atoms with Crippen molar-refractivity contribution in [3.63, 3.8) is 0 Å². The number of ether oxygens (including phenoxy) is 1. The van der Waals surface area contributed by atoms with Crippen molar-refractivity contribution in [1.29, 1.82) is 0 Å². The Hall–Kier alpha value is 0.440. The lowest BCUT2D eigenvalue weighted by Crippen LogP contribution is -2.14. The Balaban J connectivity index is 2.30. The zero-order valence-corrected chi connectivity index (χ0v) is 6.65. The van der Waals surface area contributed by atoms with E-state index < -0.39 is 0 Å². The molecule has 1 rings (SSSR count). The molecule has 1 nitrogen and oxygen atoms in total. The first-order valence-corrected chi connectivity index (χ1v) is 3.93. The first-order valence-electron chi connectivity index (χ1n) is 3.01. The molecule has 0 spiro atoms. The third-order valence-corrected chi connectivity index (χ3v) is 2.72. The van der Waals surface area contributed by atoms with Crippen LogP contribution in [0.2, 0.25) is 0 Å². The molecule has 48 valence electrons. The second kappa shape index (κ2) is 2.83. The van der Waals surface area contributed by atoms with Gasteiger partial charge in [-0.05, 0) is 19.3 Å². The third-order valence-electron chi connectivity index (χ3n) is 1.67. The second-order valence-corrected chi connectivity index (χ2v) is 3.40. The first kappa shape index (κ1) is 6.56. The average molecular weight is 179 g/mol. The highest BCUT2D eigenvalue weighted by Gasteiger charge is 2.23. The average Bonchev–Trinajstić information content (AvgIpc) is 2.14. The Labute approximate surface area is 58.5 Å². The highest BCUT2D eigenvalue weighted by atomic mass is 79.9. The molecule has 0 saturated heterocycles. The molecule has 0 aromatic heterocycles. The van der Waals surface area contributed by atoms with Crippen molar-refractivity contribution >= 4 is 15.9 Å². The fraction of sp³-hybridized carbons (Fsp3) is 1.00. The van der Waals surface area contributed by atoms with Crippen LogP contribution in [0.4, 0.5) is 0 Å². The van der Waals surface area contributed by atoms with Gasteiger partial charge in [0, 0.05) is 11.9 Å². The number of methoxy groups -OCH3 is 1. The normalized spacial score (nSPS) is 38.2. The Bertz CT molecular complexity index is 74.9. The largest absolute Gasteiger partial charge is 0.380 e. The first-order chi connectivity index (χ1) is 3.84. The molecule has 0 bridgehead atoms. The molecule has 2 atom stereocenters. The molecule has 0 aromatic carbocycles. The van der Waals surface area contributed by atoms with Crippen LogP contribution in [0.5, 0.6) is 0 Å². The summed E-state index contributed by atoms with van der Waals surface area (Å²) < 4.78 is 5.18. The molecule has 2 unspecified atom stereocenters. The quantitative estimate of drug-likeness (QED) is 0.559. The zero-order chi connectivity index (χ0) is 5.98. The van der Waals surface area contributed by atoms with Crippen LogP contribution in [0.3, 0.4) is 0 Å². The summed E-state index contributed by atoms with van der Waals surface area (Å²) >= 11 is 3.54. The molecule has 1 aliphatic carbocycles. The molecule has 0 aliphatic heterocycles. The van der Waals surface area contributed by atoms with Crippen LogP contribution in [-0.2, 0) is 4.74 Å². The minimum atomic E-state index is 0.481. The summed E-state index contributed by atoms with van der Waals surface area (Å²) in [6.07, 6.45) is 4.30. The molecule has 0 N–H and O–H groups in total. The van der Waals surface area contributed by atoms with Crippen LogP contribution in [0, 0.1) is 0 Å². The van der Waals surface area contributed by atoms with E-state index in [2.05, 4.69) is 15.9 Å². The lowest BCUT2D eigenvalue weighted by Gasteiger charge is -2.09. The highest BCUT2D eigenvalue weighted by Crippen LogP contribution is 2.27. The summed E-state index contributed by atoms with van der Waals surface area (Å²) in [5.74, 6) is 0. The van der Waals surface area contributed by atoms with E-state index in [1.165, 1.54) is 19.3 Å². The molecular weight excluding hydrogens is 168 g/mol. The van der Waals surface area contributed by atoms with Crippen molar-refractivity contribution in [2.75, 3.05) is 7.11 Å². The summed E-state index contributed by atoms with van der Waals surface area (Å²) in [4.78, 5) is 0.618. The fourth-order valence-corrected chi connectivity index (χ4v) is 1.95. The molecule has 0 amide bonds. The molecular formula is C6H11BrO. The summed E-state index contributed by atoms with van der Waals surface area (Å²) in [6, 6.07) is 0. The summed E-state index contributed by atoms with van der Waals surface area (Å²) in [5.41, 5.74) is 0. The van der Waals surface area contributed by atoms with E-state index in [9.17, 15) is 0 Å². The Kier molecular flexibility index (Phi) is 2.32. The third kappa shape index (κ3) is 1.23. The number of hydrogen-bond acceptors (Lipinski definition) is 1. The van der Waals surface area contributed by atoms with Gasteiger partial charge < -0.3 is 4.74 Å². The maximum absolute atomic E-state index is 5.18.